The Labute approximate surface area is 155 Å². The predicted molar refractivity (Wildman–Crippen MR) is 94.8 cm³/mol. The third kappa shape index (κ3) is 4.39. The van der Waals surface area contributed by atoms with E-state index in [1.807, 2.05) is 17.0 Å². The van der Waals surface area contributed by atoms with Crippen LogP contribution in [0.1, 0.15) is 22.3 Å². The molecule has 1 heterocycles. The molecule has 0 atom stereocenters. The number of benzene rings is 2. The number of hydrogen-bond donors (Lipinski definition) is 0. The molecule has 0 amide bonds. The second kappa shape index (κ2) is 7.69. The van der Waals surface area contributed by atoms with E-state index in [1.54, 1.807) is 24.3 Å². The van der Waals surface area contributed by atoms with Crippen molar-refractivity contribution in [2.24, 2.45) is 0 Å². The molecule has 0 spiro atoms. The van der Waals surface area contributed by atoms with Gasteiger partial charge < -0.3 is 4.90 Å². The highest BCUT2D eigenvalue weighted by Gasteiger charge is 2.34. The Morgan fingerprint density at radius 3 is 2.11 bits per heavy atom. The number of rotatable bonds is 3. The zero-order chi connectivity index (χ0) is 19.4. The highest BCUT2D eigenvalue weighted by molar-refractivity contribution is 5.55. The predicted octanol–water partition coefficient (Wildman–Crippen LogP) is 3.77. The number of hydrogen-bond acceptors (Lipinski definition) is 4. The lowest BCUT2D eigenvalue weighted by atomic mass is 10.1. The molecule has 7 heteroatoms. The average Bonchev–Trinajstić information content (AvgIpc) is 2.68. The van der Waals surface area contributed by atoms with Gasteiger partial charge in [-0.2, -0.15) is 23.7 Å². The fraction of sp³-hybridized carbons (Fsp3) is 0.300. The van der Waals surface area contributed by atoms with Crippen LogP contribution in [-0.4, -0.2) is 31.1 Å². The maximum absolute atomic E-state index is 13.1. The Kier molecular flexibility index (Phi) is 5.34. The minimum atomic E-state index is -4.54. The Morgan fingerprint density at radius 2 is 1.56 bits per heavy atom. The van der Waals surface area contributed by atoms with Gasteiger partial charge in [-0.25, -0.2) is 0 Å². The first-order valence-corrected chi connectivity index (χ1v) is 8.48. The van der Waals surface area contributed by atoms with Crippen molar-refractivity contribution in [2.45, 2.75) is 12.7 Å². The molecule has 1 aliphatic heterocycles. The molecule has 1 fully saturated rings. The largest absolute Gasteiger partial charge is 0.417 e. The van der Waals surface area contributed by atoms with E-state index in [0.717, 1.165) is 31.3 Å². The number of alkyl halides is 3. The number of nitriles is 2. The highest BCUT2D eigenvalue weighted by Crippen LogP contribution is 2.34. The second-order valence-electron chi connectivity index (χ2n) is 6.41. The van der Waals surface area contributed by atoms with E-state index < -0.39 is 11.7 Å². The van der Waals surface area contributed by atoms with Crippen LogP contribution in [0.25, 0.3) is 0 Å². The summed E-state index contributed by atoms with van der Waals surface area (Å²) in [5.74, 6) is 0. The van der Waals surface area contributed by atoms with Crippen LogP contribution in [-0.2, 0) is 12.7 Å². The minimum Gasteiger partial charge on any atom is -0.369 e. The van der Waals surface area contributed by atoms with Crippen molar-refractivity contribution in [3.05, 3.63) is 64.7 Å². The first kappa shape index (κ1) is 18.8. The normalized spacial score (nSPS) is 15.2. The highest BCUT2D eigenvalue weighted by atomic mass is 19.4. The molecule has 4 nitrogen and oxygen atoms in total. The van der Waals surface area contributed by atoms with E-state index in [1.165, 1.54) is 6.07 Å². The molecule has 0 aliphatic carbocycles. The van der Waals surface area contributed by atoms with Gasteiger partial charge in [-0.1, -0.05) is 12.1 Å². The summed E-state index contributed by atoms with van der Waals surface area (Å²) in [6.07, 6.45) is -4.54. The summed E-state index contributed by atoms with van der Waals surface area (Å²) < 4.78 is 39.4. The quantitative estimate of drug-likeness (QED) is 0.825. The fourth-order valence-electron chi connectivity index (χ4n) is 3.17. The fourth-order valence-corrected chi connectivity index (χ4v) is 3.17. The molecule has 3 rings (SSSR count). The van der Waals surface area contributed by atoms with Gasteiger partial charge in [0.15, 0.2) is 0 Å². The van der Waals surface area contributed by atoms with Gasteiger partial charge in [0.1, 0.15) is 0 Å². The zero-order valence-corrected chi connectivity index (χ0v) is 14.5. The van der Waals surface area contributed by atoms with Gasteiger partial charge in [0.05, 0.1) is 28.8 Å². The summed E-state index contributed by atoms with van der Waals surface area (Å²) >= 11 is 0. The van der Waals surface area contributed by atoms with Gasteiger partial charge in [-0.15, -0.1) is 0 Å². The van der Waals surface area contributed by atoms with E-state index >= 15 is 0 Å². The van der Waals surface area contributed by atoms with Crippen LogP contribution in [0.15, 0.2) is 42.5 Å². The molecule has 0 aromatic heterocycles. The van der Waals surface area contributed by atoms with E-state index in [2.05, 4.69) is 11.0 Å². The van der Waals surface area contributed by atoms with Crippen molar-refractivity contribution >= 4 is 5.69 Å². The number of halogens is 3. The lowest BCUT2D eigenvalue weighted by molar-refractivity contribution is -0.137. The van der Waals surface area contributed by atoms with Gasteiger partial charge in [0, 0.05) is 38.4 Å². The topological polar surface area (TPSA) is 54.1 Å². The summed E-state index contributed by atoms with van der Waals surface area (Å²) in [6, 6.07) is 15.0. The van der Waals surface area contributed by atoms with Crippen molar-refractivity contribution in [1.29, 1.82) is 10.5 Å². The van der Waals surface area contributed by atoms with Crippen molar-refractivity contribution in [1.82, 2.24) is 4.90 Å². The van der Waals surface area contributed by atoms with Crippen LogP contribution in [0.5, 0.6) is 0 Å². The molecule has 138 valence electrons. The Bertz CT molecular complexity index is 883. The Morgan fingerprint density at radius 1 is 0.889 bits per heavy atom. The van der Waals surface area contributed by atoms with Gasteiger partial charge in [0.25, 0.3) is 0 Å². The SMILES string of the molecule is N#Cc1ccc(CN2CCN(c3ccc(C#N)c(C(F)(F)F)c3)CC2)cc1. The van der Waals surface area contributed by atoms with Crippen LogP contribution >= 0.6 is 0 Å². The molecular formula is C20H17F3N4. The van der Waals surface area contributed by atoms with Crippen molar-refractivity contribution < 1.29 is 13.2 Å². The average molecular weight is 370 g/mol. The number of piperazine rings is 1. The number of anilines is 1. The van der Waals surface area contributed by atoms with Crippen LogP contribution in [0, 0.1) is 22.7 Å². The summed E-state index contributed by atoms with van der Waals surface area (Å²) in [5, 5.41) is 17.7. The van der Waals surface area contributed by atoms with E-state index in [0.29, 0.717) is 24.3 Å². The third-order valence-electron chi connectivity index (χ3n) is 4.66. The van der Waals surface area contributed by atoms with Crippen molar-refractivity contribution in [3.8, 4) is 12.1 Å². The van der Waals surface area contributed by atoms with E-state index in [4.69, 9.17) is 10.5 Å². The molecule has 0 bridgehead atoms. The molecule has 2 aromatic rings. The number of nitrogens with zero attached hydrogens (tertiary/aromatic N) is 4. The molecule has 0 unspecified atom stereocenters. The first-order valence-electron chi connectivity index (χ1n) is 8.48. The summed E-state index contributed by atoms with van der Waals surface area (Å²) in [5.41, 5.74) is 0.956. The lowest BCUT2D eigenvalue weighted by Crippen LogP contribution is -2.46. The standard InChI is InChI=1S/C20H17F3N4/c21-20(22,23)19-11-18(6-5-17(19)13-25)27-9-7-26(8-10-27)14-16-3-1-15(12-24)2-4-16/h1-6,11H,7-10,14H2. The molecule has 0 N–H and O–H groups in total. The molecule has 2 aromatic carbocycles. The van der Waals surface area contributed by atoms with E-state index in [-0.39, 0.29) is 5.56 Å². The van der Waals surface area contributed by atoms with Gasteiger partial charge in [0.2, 0.25) is 0 Å². The maximum Gasteiger partial charge on any atom is 0.417 e. The van der Waals surface area contributed by atoms with Gasteiger partial charge >= 0.3 is 6.18 Å². The lowest BCUT2D eigenvalue weighted by Gasteiger charge is -2.36. The molecule has 1 aliphatic rings. The van der Waals surface area contributed by atoms with Crippen LogP contribution in [0.4, 0.5) is 18.9 Å². The van der Waals surface area contributed by atoms with Crippen LogP contribution in [0.2, 0.25) is 0 Å². The zero-order valence-electron chi connectivity index (χ0n) is 14.5. The van der Waals surface area contributed by atoms with Gasteiger partial charge in [-0.05, 0) is 35.9 Å². The Balaban J connectivity index is 1.65. The van der Waals surface area contributed by atoms with Crippen molar-refractivity contribution in [2.75, 3.05) is 31.1 Å². The smallest absolute Gasteiger partial charge is 0.369 e. The molecule has 1 saturated heterocycles. The van der Waals surface area contributed by atoms with Crippen molar-refractivity contribution in [3.63, 3.8) is 0 Å². The van der Waals surface area contributed by atoms with Crippen LogP contribution in [0.3, 0.4) is 0 Å². The maximum atomic E-state index is 13.1. The molecule has 0 radical (unpaired) electrons. The van der Waals surface area contributed by atoms with Gasteiger partial charge in [-0.3, -0.25) is 4.90 Å². The summed E-state index contributed by atoms with van der Waals surface area (Å²) in [4.78, 5) is 4.14. The van der Waals surface area contributed by atoms with E-state index in [9.17, 15) is 13.2 Å². The second-order valence-corrected chi connectivity index (χ2v) is 6.41. The summed E-state index contributed by atoms with van der Waals surface area (Å²) in [7, 11) is 0. The molecular weight excluding hydrogens is 353 g/mol. The third-order valence-corrected chi connectivity index (χ3v) is 4.66. The molecule has 0 saturated carbocycles. The minimum absolute atomic E-state index is 0.356. The first-order chi connectivity index (χ1) is 12.9. The van der Waals surface area contributed by atoms with Crippen LogP contribution < -0.4 is 4.90 Å². The monoisotopic (exact) mass is 370 g/mol. The Hall–Kier alpha value is -3.03. The summed E-state index contributed by atoms with van der Waals surface area (Å²) in [6.45, 7) is 3.41. The molecule has 27 heavy (non-hydrogen) atoms.